The molecule has 0 unspecified atom stereocenters. The highest BCUT2D eigenvalue weighted by molar-refractivity contribution is 6.30. The third-order valence-corrected chi connectivity index (χ3v) is 6.06. The summed E-state index contributed by atoms with van der Waals surface area (Å²) < 4.78 is 5.19. The molecular formula is C22H25ClN3O3+. The fraction of sp³-hybridized carbons (Fsp3) is 0.364. The molecule has 4 rings (SSSR count). The first-order valence-corrected chi connectivity index (χ1v) is 10.3. The van der Waals surface area contributed by atoms with E-state index in [-0.39, 0.29) is 24.3 Å². The lowest BCUT2D eigenvalue weighted by molar-refractivity contribution is -0.919. The zero-order valence-electron chi connectivity index (χ0n) is 16.4. The second-order valence-electron chi connectivity index (χ2n) is 7.61. The second-order valence-corrected chi connectivity index (χ2v) is 8.04. The van der Waals surface area contributed by atoms with Crippen molar-refractivity contribution < 1.29 is 19.2 Å². The summed E-state index contributed by atoms with van der Waals surface area (Å²) in [5.74, 6) is 0.603. The van der Waals surface area contributed by atoms with Gasteiger partial charge in [-0.15, -0.1) is 0 Å². The third-order valence-electron chi connectivity index (χ3n) is 5.81. The van der Waals surface area contributed by atoms with Gasteiger partial charge in [-0.3, -0.25) is 9.59 Å². The van der Waals surface area contributed by atoms with Gasteiger partial charge in [-0.2, -0.15) is 0 Å². The summed E-state index contributed by atoms with van der Waals surface area (Å²) in [5, 5.41) is 4.14. The molecule has 0 aliphatic carbocycles. The van der Waals surface area contributed by atoms with Crippen LogP contribution in [0.4, 0.5) is 11.4 Å². The van der Waals surface area contributed by atoms with E-state index in [9.17, 15) is 9.59 Å². The molecule has 0 aromatic heterocycles. The summed E-state index contributed by atoms with van der Waals surface area (Å²) in [7, 11) is 1.66. The highest BCUT2D eigenvalue weighted by atomic mass is 35.5. The van der Waals surface area contributed by atoms with Gasteiger partial charge in [0, 0.05) is 29.6 Å². The molecule has 152 valence electrons. The minimum atomic E-state index is -0.292. The lowest BCUT2D eigenvalue weighted by Crippen LogP contribution is -3.17. The SMILES string of the molecule is COc1ccc(NC2CC[NH+]([C@H]3CC(=O)N(c4ccc(Cl)cc4)C3=O)CC2)cc1. The van der Waals surface area contributed by atoms with Gasteiger partial charge in [0.15, 0.2) is 6.04 Å². The van der Waals surface area contributed by atoms with Crippen LogP contribution in [0.15, 0.2) is 48.5 Å². The number of benzene rings is 2. The average Bonchev–Trinajstić information content (AvgIpc) is 3.04. The van der Waals surface area contributed by atoms with Gasteiger partial charge in [0.25, 0.3) is 5.91 Å². The first-order valence-electron chi connectivity index (χ1n) is 9.92. The van der Waals surface area contributed by atoms with Crippen LogP contribution in [0.1, 0.15) is 19.3 Å². The van der Waals surface area contributed by atoms with Crippen LogP contribution in [0.5, 0.6) is 5.75 Å². The monoisotopic (exact) mass is 414 g/mol. The Balaban J connectivity index is 1.35. The topological polar surface area (TPSA) is 63.1 Å². The summed E-state index contributed by atoms with van der Waals surface area (Å²) >= 11 is 5.92. The molecule has 2 heterocycles. The highest BCUT2D eigenvalue weighted by Crippen LogP contribution is 2.24. The van der Waals surface area contributed by atoms with E-state index in [1.807, 2.05) is 24.3 Å². The Morgan fingerprint density at radius 1 is 1.03 bits per heavy atom. The molecule has 0 spiro atoms. The van der Waals surface area contributed by atoms with Crippen LogP contribution in [0.2, 0.25) is 5.02 Å². The van der Waals surface area contributed by atoms with Gasteiger partial charge in [-0.25, -0.2) is 4.90 Å². The molecule has 0 bridgehead atoms. The Bertz CT molecular complexity index is 877. The number of quaternary nitrogens is 1. The van der Waals surface area contributed by atoms with Gasteiger partial charge in [0.1, 0.15) is 5.75 Å². The van der Waals surface area contributed by atoms with Gasteiger partial charge in [-0.1, -0.05) is 11.6 Å². The van der Waals surface area contributed by atoms with Crippen LogP contribution in [-0.2, 0) is 9.59 Å². The predicted octanol–water partition coefficient (Wildman–Crippen LogP) is 2.14. The van der Waals surface area contributed by atoms with Gasteiger partial charge >= 0.3 is 0 Å². The standard InChI is InChI=1S/C22H24ClN3O3/c1-29-19-8-4-16(5-9-19)24-17-10-12-25(13-11-17)20-14-21(27)26(22(20)28)18-6-2-15(23)3-7-18/h2-9,17,20,24H,10-14H2,1H3/p+1/t20-/m0/s1. The molecule has 7 heteroatoms. The molecule has 2 aliphatic heterocycles. The number of amides is 2. The van der Waals surface area contributed by atoms with Crippen molar-refractivity contribution in [2.24, 2.45) is 0 Å². The number of hydrogen-bond acceptors (Lipinski definition) is 4. The van der Waals surface area contributed by atoms with Crippen molar-refractivity contribution in [2.75, 3.05) is 30.4 Å². The number of nitrogens with one attached hydrogen (secondary N) is 2. The molecule has 6 nitrogen and oxygen atoms in total. The first kappa shape index (κ1) is 19.7. The summed E-state index contributed by atoms with van der Waals surface area (Å²) in [6.07, 6.45) is 2.19. The van der Waals surface area contributed by atoms with E-state index in [1.54, 1.807) is 31.4 Å². The summed E-state index contributed by atoms with van der Waals surface area (Å²) in [6, 6.07) is 14.8. The Morgan fingerprint density at radius 2 is 1.69 bits per heavy atom. The van der Waals surface area contributed by atoms with Crippen molar-refractivity contribution in [3.63, 3.8) is 0 Å². The zero-order valence-corrected chi connectivity index (χ0v) is 17.1. The number of imide groups is 1. The number of anilines is 2. The fourth-order valence-corrected chi connectivity index (χ4v) is 4.34. The maximum Gasteiger partial charge on any atom is 0.292 e. The molecule has 2 aromatic carbocycles. The van der Waals surface area contributed by atoms with Crippen molar-refractivity contribution in [2.45, 2.75) is 31.3 Å². The van der Waals surface area contributed by atoms with Gasteiger partial charge in [0.05, 0.1) is 32.3 Å². The van der Waals surface area contributed by atoms with Crippen molar-refractivity contribution in [1.82, 2.24) is 0 Å². The highest BCUT2D eigenvalue weighted by Gasteiger charge is 2.46. The largest absolute Gasteiger partial charge is 0.497 e. The van der Waals surface area contributed by atoms with E-state index in [0.29, 0.717) is 16.8 Å². The molecule has 2 N–H and O–H groups in total. The van der Waals surface area contributed by atoms with Gasteiger partial charge in [0.2, 0.25) is 5.91 Å². The molecule has 29 heavy (non-hydrogen) atoms. The lowest BCUT2D eigenvalue weighted by atomic mass is 10.0. The van der Waals surface area contributed by atoms with Crippen LogP contribution >= 0.6 is 11.6 Å². The molecule has 0 radical (unpaired) electrons. The Morgan fingerprint density at radius 3 is 2.31 bits per heavy atom. The number of methoxy groups -OCH3 is 1. The van der Waals surface area contributed by atoms with E-state index in [2.05, 4.69) is 5.32 Å². The van der Waals surface area contributed by atoms with Crippen molar-refractivity contribution in [3.8, 4) is 5.75 Å². The molecule has 2 amide bonds. The summed E-state index contributed by atoms with van der Waals surface area (Å²) in [5.41, 5.74) is 1.67. The Kier molecular flexibility index (Phi) is 5.74. The molecular weight excluding hydrogens is 390 g/mol. The molecule has 2 aromatic rings. The third kappa shape index (κ3) is 4.23. The number of ether oxygens (including phenoxy) is 1. The minimum Gasteiger partial charge on any atom is -0.497 e. The van der Waals surface area contributed by atoms with E-state index >= 15 is 0 Å². The van der Waals surface area contributed by atoms with Gasteiger partial charge in [-0.05, 0) is 48.5 Å². The van der Waals surface area contributed by atoms with Crippen LogP contribution in [-0.4, -0.2) is 44.1 Å². The fourth-order valence-electron chi connectivity index (χ4n) is 4.22. The minimum absolute atomic E-state index is 0.103. The number of hydrogen-bond donors (Lipinski definition) is 2. The number of likely N-dealkylation sites (tertiary alicyclic amines) is 1. The van der Waals surface area contributed by atoms with Crippen molar-refractivity contribution in [3.05, 3.63) is 53.6 Å². The second kappa shape index (κ2) is 8.43. The maximum absolute atomic E-state index is 13.0. The molecule has 2 aliphatic rings. The number of carbonyl (C=O) groups excluding carboxylic acids is 2. The molecule has 1 atom stereocenters. The number of nitrogens with zero attached hydrogens (tertiary/aromatic N) is 1. The van der Waals surface area contributed by atoms with E-state index in [1.165, 1.54) is 9.80 Å². The summed E-state index contributed by atoms with van der Waals surface area (Å²) in [4.78, 5) is 28.0. The zero-order chi connectivity index (χ0) is 20.4. The number of rotatable bonds is 5. The van der Waals surface area contributed by atoms with Crippen LogP contribution in [0, 0.1) is 0 Å². The smallest absolute Gasteiger partial charge is 0.292 e. The first-order chi connectivity index (χ1) is 14.0. The summed E-state index contributed by atoms with van der Waals surface area (Å²) in [6.45, 7) is 1.73. The van der Waals surface area contributed by atoms with E-state index in [0.717, 1.165) is 37.4 Å². The Labute approximate surface area is 175 Å². The molecule has 2 fully saturated rings. The van der Waals surface area contributed by atoms with E-state index in [4.69, 9.17) is 16.3 Å². The normalized spacial score (nSPS) is 24.6. The quantitative estimate of drug-likeness (QED) is 0.736. The van der Waals surface area contributed by atoms with Gasteiger partial charge < -0.3 is 15.0 Å². The number of carbonyl (C=O) groups is 2. The van der Waals surface area contributed by atoms with Crippen molar-refractivity contribution >= 4 is 34.8 Å². The van der Waals surface area contributed by atoms with Crippen LogP contribution in [0.3, 0.4) is 0 Å². The lowest BCUT2D eigenvalue weighted by Gasteiger charge is -2.32. The maximum atomic E-state index is 13.0. The van der Waals surface area contributed by atoms with Crippen LogP contribution in [0.25, 0.3) is 0 Å². The molecule has 2 saturated heterocycles. The number of piperidine rings is 1. The molecule has 0 saturated carbocycles. The van der Waals surface area contributed by atoms with Crippen molar-refractivity contribution in [1.29, 1.82) is 0 Å². The van der Waals surface area contributed by atoms with Crippen LogP contribution < -0.4 is 19.9 Å². The number of halogens is 1. The predicted molar refractivity (Wildman–Crippen MR) is 113 cm³/mol. The average molecular weight is 415 g/mol. The van der Waals surface area contributed by atoms with E-state index < -0.39 is 0 Å². The Hall–Kier alpha value is -2.57.